The molecule has 172 valence electrons. The zero-order valence-corrected chi connectivity index (χ0v) is 19.3. The largest absolute Gasteiger partial charge is 0.493 e. The minimum atomic E-state index is 0.0148. The molecule has 7 heteroatoms. The fourth-order valence-electron chi connectivity index (χ4n) is 4.35. The fourth-order valence-corrected chi connectivity index (χ4v) is 4.35. The first-order valence-electron chi connectivity index (χ1n) is 11.3. The van der Waals surface area contributed by atoms with Crippen molar-refractivity contribution in [3.63, 3.8) is 0 Å². The summed E-state index contributed by atoms with van der Waals surface area (Å²) in [6.07, 6.45) is 1.80. The van der Waals surface area contributed by atoms with Crippen molar-refractivity contribution in [2.75, 3.05) is 45.3 Å². The molecule has 0 unspecified atom stereocenters. The van der Waals surface area contributed by atoms with Gasteiger partial charge < -0.3 is 19.3 Å². The maximum Gasteiger partial charge on any atom is 0.254 e. The predicted molar refractivity (Wildman–Crippen MR) is 133 cm³/mol. The summed E-state index contributed by atoms with van der Waals surface area (Å²) in [4.78, 5) is 27.1. The number of carbonyl (C=O) groups excluding carboxylic acids is 1. The molecular formula is C27H26N4O3. The van der Waals surface area contributed by atoms with Gasteiger partial charge in [0, 0.05) is 43.3 Å². The van der Waals surface area contributed by atoms with E-state index in [-0.39, 0.29) is 5.91 Å². The lowest BCUT2D eigenvalue weighted by Gasteiger charge is -2.35. The van der Waals surface area contributed by atoms with Crippen LogP contribution in [0.25, 0.3) is 22.2 Å². The van der Waals surface area contributed by atoms with Crippen molar-refractivity contribution in [3.8, 4) is 22.8 Å². The van der Waals surface area contributed by atoms with E-state index in [0.717, 1.165) is 41.1 Å². The summed E-state index contributed by atoms with van der Waals surface area (Å²) < 4.78 is 10.8. The van der Waals surface area contributed by atoms with Crippen LogP contribution in [-0.4, -0.2) is 61.2 Å². The first kappa shape index (κ1) is 21.7. The summed E-state index contributed by atoms with van der Waals surface area (Å²) in [6.45, 7) is 2.76. The van der Waals surface area contributed by atoms with Gasteiger partial charge in [0.1, 0.15) is 5.82 Å². The smallest absolute Gasteiger partial charge is 0.254 e. The van der Waals surface area contributed by atoms with Crippen molar-refractivity contribution in [1.82, 2.24) is 14.9 Å². The molecule has 0 radical (unpaired) electrons. The number of para-hydroxylation sites is 1. The van der Waals surface area contributed by atoms with Crippen LogP contribution in [0.2, 0.25) is 0 Å². The SMILES string of the molecule is COc1ccc(-c2cc(C(=O)N3CCN(c4ccccn4)CC3)c3ccccc3n2)cc1OC. The lowest BCUT2D eigenvalue weighted by atomic mass is 10.0. The molecule has 1 fully saturated rings. The van der Waals surface area contributed by atoms with Crippen LogP contribution in [0.4, 0.5) is 5.82 Å². The van der Waals surface area contributed by atoms with Gasteiger partial charge in [-0.25, -0.2) is 9.97 Å². The van der Waals surface area contributed by atoms with Gasteiger partial charge >= 0.3 is 0 Å². The molecule has 1 aliphatic rings. The molecule has 0 N–H and O–H groups in total. The van der Waals surface area contributed by atoms with Gasteiger partial charge in [-0.3, -0.25) is 4.79 Å². The van der Waals surface area contributed by atoms with Gasteiger partial charge in [-0.15, -0.1) is 0 Å². The van der Waals surface area contributed by atoms with Gasteiger partial charge in [0.05, 0.1) is 31.0 Å². The molecule has 0 spiro atoms. The Morgan fingerprint density at radius 2 is 1.62 bits per heavy atom. The number of ether oxygens (including phenoxy) is 2. The third kappa shape index (κ3) is 4.12. The first-order valence-corrected chi connectivity index (χ1v) is 11.3. The van der Waals surface area contributed by atoms with E-state index in [9.17, 15) is 4.79 Å². The summed E-state index contributed by atoms with van der Waals surface area (Å²) in [5, 5.41) is 0.851. The fraction of sp³-hybridized carbons (Fsp3) is 0.222. The zero-order chi connectivity index (χ0) is 23.5. The third-order valence-corrected chi connectivity index (χ3v) is 6.17. The Kier molecular flexibility index (Phi) is 5.99. The number of pyridine rings is 2. The maximum atomic E-state index is 13.7. The van der Waals surface area contributed by atoms with E-state index < -0.39 is 0 Å². The Bertz CT molecular complexity index is 1320. The second-order valence-corrected chi connectivity index (χ2v) is 8.11. The monoisotopic (exact) mass is 454 g/mol. The number of benzene rings is 2. The van der Waals surface area contributed by atoms with E-state index in [2.05, 4.69) is 9.88 Å². The van der Waals surface area contributed by atoms with E-state index in [1.165, 1.54) is 0 Å². The Morgan fingerprint density at radius 3 is 2.35 bits per heavy atom. The van der Waals surface area contributed by atoms with E-state index >= 15 is 0 Å². The molecule has 7 nitrogen and oxygen atoms in total. The topological polar surface area (TPSA) is 67.8 Å². The molecule has 4 aromatic rings. The minimum Gasteiger partial charge on any atom is -0.493 e. The number of amides is 1. The molecule has 0 bridgehead atoms. The van der Waals surface area contributed by atoms with E-state index in [4.69, 9.17) is 14.5 Å². The van der Waals surface area contributed by atoms with Crippen molar-refractivity contribution >= 4 is 22.6 Å². The van der Waals surface area contributed by atoms with E-state index in [1.54, 1.807) is 20.4 Å². The number of anilines is 1. The summed E-state index contributed by atoms with van der Waals surface area (Å²) in [6, 6.07) is 21.2. The molecule has 3 heterocycles. The Hall–Kier alpha value is -4.13. The second-order valence-electron chi connectivity index (χ2n) is 8.11. The first-order chi connectivity index (χ1) is 16.7. The summed E-state index contributed by atoms with van der Waals surface area (Å²) >= 11 is 0. The molecule has 0 atom stereocenters. The van der Waals surface area contributed by atoms with Gasteiger partial charge in [0.2, 0.25) is 0 Å². The van der Waals surface area contributed by atoms with Crippen LogP contribution in [0.5, 0.6) is 11.5 Å². The number of nitrogens with zero attached hydrogens (tertiary/aromatic N) is 4. The molecule has 5 rings (SSSR count). The molecule has 1 saturated heterocycles. The molecule has 34 heavy (non-hydrogen) atoms. The quantitative estimate of drug-likeness (QED) is 0.449. The summed E-state index contributed by atoms with van der Waals surface area (Å²) in [7, 11) is 3.21. The average Bonchev–Trinajstić information content (AvgIpc) is 2.92. The molecule has 2 aromatic carbocycles. The van der Waals surface area contributed by atoms with Crippen LogP contribution in [0.3, 0.4) is 0 Å². The van der Waals surface area contributed by atoms with E-state index in [1.807, 2.05) is 71.6 Å². The highest BCUT2D eigenvalue weighted by Crippen LogP contribution is 2.33. The Balaban J connectivity index is 1.47. The van der Waals surface area contributed by atoms with Gasteiger partial charge in [-0.05, 0) is 42.5 Å². The lowest BCUT2D eigenvalue weighted by Crippen LogP contribution is -2.49. The van der Waals surface area contributed by atoms with Crippen LogP contribution >= 0.6 is 0 Å². The van der Waals surface area contributed by atoms with Crippen molar-refractivity contribution < 1.29 is 14.3 Å². The van der Waals surface area contributed by atoms with Crippen molar-refractivity contribution in [2.45, 2.75) is 0 Å². The number of carbonyl (C=O) groups is 1. The van der Waals surface area contributed by atoms with Crippen LogP contribution < -0.4 is 14.4 Å². The highest BCUT2D eigenvalue weighted by atomic mass is 16.5. The lowest BCUT2D eigenvalue weighted by molar-refractivity contribution is 0.0748. The number of hydrogen-bond acceptors (Lipinski definition) is 6. The molecule has 1 amide bonds. The summed E-state index contributed by atoms with van der Waals surface area (Å²) in [5.74, 6) is 2.23. The highest BCUT2D eigenvalue weighted by Gasteiger charge is 2.25. The number of piperazine rings is 1. The van der Waals surface area contributed by atoms with Gasteiger partial charge in [0.25, 0.3) is 5.91 Å². The molecule has 2 aromatic heterocycles. The second kappa shape index (κ2) is 9.39. The standard InChI is InChI=1S/C27H26N4O3/c1-33-24-11-10-19(17-25(24)34-2)23-18-21(20-7-3-4-8-22(20)29-23)27(32)31-15-13-30(14-16-31)26-9-5-6-12-28-26/h3-12,17-18H,13-16H2,1-2H3. The number of fused-ring (bicyclic) bond motifs is 1. The zero-order valence-electron chi connectivity index (χ0n) is 19.3. The Labute approximate surface area is 198 Å². The Morgan fingerprint density at radius 1 is 0.853 bits per heavy atom. The molecule has 1 aliphatic heterocycles. The van der Waals surface area contributed by atoms with Crippen LogP contribution in [0, 0.1) is 0 Å². The van der Waals surface area contributed by atoms with Gasteiger partial charge in [-0.2, -0.15) is 0 Å². The summed E-state index contributed by atoms with van der Waals surface area (Å²) in [5.41, 5.74) is 3.01. The molecule has 0 aliphatic carbocycles. The van der Waals surface area contributed by atoms with Gasteiger partial charge in [0.15, 0.2) is 11.5 Å². The van der Waals surface area contributed by atoms with Crippen LogP contribution in [-0.2, 0) is 0 Å². The van der Waals surface area contributed by atoms with Crippen molar-refractivity contribution in [3.05, 3.63) is 78.5 Å². The normalized spacial score (nSPS) is 13.7. The highest BCUT2D eigenvalue weighted by molar-refractivity contribution is 6.07. The van der Waals surface area contributed by atoms with E-state index in [0.29, 0.717) is 30.2 Å². The molecule has 0 saturated carbocycles. The van der Waals surface area contributed by atoms with Crippen molar-refractivity contribution in [2.24, 2.45) is 0 Å². The van der Waals surface area contributed by atoms with Crippen LogP contribution in [0.1, 0.15) is 10.4 Å². The number of rotatable bonds is 5. The third-order valence-electron chi connectivity index (χ3n) is 6.17. The van der Waals surface area contributed by atoms with Crippen LogP contribution in [0.15, 0.2) is 72.9 Å². The predicted octanol–water partition coefficient (Wildman–Crippen LogP) is 4.28. The average molecular weight is 455 g/mol. The molecular weight excluding hydrogens is 428 g/mol. The van der Waals surface area contributed by atoms with Crippen molar-refractivity contribution in [1.29, 1.82) is 0 Å². The number of hydrogen-bond donors (Lipinski definition) is 0. The number of methoxy groups -OCH3 is 2. The number of aromatic nitrogens is 2. The minimum absolute atomic E-state index is 0.0148. The maximum absolute atomic E-state index is 13.7. The van der Waals surface area contributed by atoms with Gasteiger partial charge in [-0.1, -0.05) is 24.3 Å².